The van der Waals surface area contributed by atoms with Gasteiger partial charge in [0.15, 0.2) is 0 Å². The average molecular weight is 529 g/mol. The van der Waals surface area contributed by atoms with Gasteiger partial charge in [-0.2, -0.15) is 0 Å². The molecule has 5 rings (SSSR count). The number of piperazine rings is 1. The molecular weight excluding hydrogens is 496 g/mol. The van der Waals surface area contributed by atoms with Crippen LogP contribution < -0.4 is 4.72 Å². The van der Waals surface area contributed by atoms with E-state index >= 15 is 0 Å². The normalized spacial score (nSPS) is 14.5. The van der Waals surface area contributed by atoms with Crippen molar-refractivity contribution >= 4 is 32.3 Å². The third kappa shape index (κ3) is 5.37. The van der Waals surface area contributed by atoms with Crippen molar-refractivity contribution in [2.24, 2.45) is 0 Å². The minimum atomic E-state index is -3.80. The van der Waals surface area contributed by atoms with Gasteiger partial charge in [0, 0.05) is 55.7 Å². The van der Waals surface area contributed by atoms with Crippen molar-refractivity contribution in [3.63, 3.8) is 0 Å². The first-order valence-electron chi connectivity index (χ1n) is 12.6. The summed E-state index contributed by atoms with van der Waals surface area (Å²) in [4.78, 5) is 9.10. The number of para-hydroxylation sites is 1. The quantitative estimate of drug-likeness (QED) is 0.345. The van der Waals surface area contributed by atoms with Gasteiger partial charge < -0.3 is 10.0 Å². The number of hydrogen-bond acceptors (Lipinski definition) is 6. The van der Waals surface area contributed by atoms with Crippen molar-refractivity contribution in [2.75, 3.05) is 30.9 Å². The maximum Gasteiger partial charge on any atom is 0.264 e. The Morgan fingerprint density at radius 1 is 0.974 bits per heavy atom. The van der Waals surface area contributed by atoms with Crippen molar-refractivity contribution in [3.8, 4) is 5.75 Å². The molecule has 0 radical (unpaired) electrons. The lowest BCUT2D eigenvalue weighted by atomic mass is 10.0. The highest BCUT2D eigenvalue weighted by atomic mass is 32.2. The number of aromatic hydroxyl groups is 1. The van der Waals surface area contributed by atoms with Gasteiger partial charge in [-0.15, -0.1) is 0 Å². The average Bonchev–Trinajstić information content (AvgIpc) is 2.91. The molecule has 0 saturated carbocycles. The molecule has 4 aromatic rings. The van der Waals surface area contributed by atoms with E-state index in [-0.39, 0.29) is 4.90 Å². The number of nitrogens with one attached hydrogen (secondary N) is 1. The van der Waals surface area contributed by atoms with Gasteiger partial charge in [-0.05, 0) is 60.4 Å². The van der Waals surface area contributed by atoms with Crippen LogP contribution in [0.2, 0.25) is 0 Å². The predicted octanol–water partition coefficient (Wildman–Crippen LogP) is 5.15. The van der Waals surface area contributed by atoms with E-state index in [0.717, 1.165) is 60.5 Å². The zero-order chi connectivity index (χ0) is 26.9. The summed E-state index contributed by atoms with van der Waals surface area (Å²) in [5.74, 6) is 0.374. The van der Waals surface area contributed by atoms with Crippen LogP contribution in [0.15, 0.2) is 84.4 Å². The highest BCUT2D eigenvalue weighted by molar-refractivity contribution is 7.93. The second-order valence-corrected chi connectivity index (χ2v) is 11.5. The van der Waals surface area contributed by atoms with Crippen LogP contribution in [0, 0.1) is 13.8 Å². The van der Waals surface area contributed by atoms with Gasteiger partial charge in [0.05, 0.1) is 5.52 Å². The zero-order valence-corrected chi connectivity index (χ0v) is 22.5. The molecule has 1 aliphatic rings. The van der Waals surface area contributed by atoms with E-state index in [9.17, 15) is 13.5 Å². The van der Waals surface area contributed by atoms with Gasteiger partial charge in [-0.3, -0.25) is 14.6 Å². The summed E-state index contributed by atoms with van der Waals surface area (Å²) >= 11 is 0. The Morgan fingerprint density at radius 3 is 2.32 bits per heavy atom. The highest BCUT2D eigenvalue weighted by Gasteiger charge is 2.21. The molecule has 38 heavy (non-hydrogen) atoms. The number of nitrogens with zero attached hydrogens (tertiary/aromatic N) is 3. The third-order valence-electron chi connectivity index (χ3n) is 7.07. The summed E-state index contributed by atoms with van der Waals surface area (Å²) in [6.45, 7) is 12.6. The van der Waals surface area contributed by atoms with E-state index in [1.165, 1.54) is 5.56 Å². The molecule has 0 unspecified atom stereocenters. The van der Waals surface area contributed by atoms with Crippen molar-refractivity contribution in [3.05, 3.63) is 102 Å². The van der Waals surface area contributed by atoms with Crippen LogP contribution in [0.4, 0.5) is 5.69 Å². The molecule has 1 saturated heterocycles. The molecule has 2 N–H and O–H groups in total. The first kappa shape index (κ1) is 25.8. The van der Waals surface area contributed by atoms with Gasteiger partial charge in [0.1, 0.15) is 10.6 Å². The van der Waals surface area contributed by atoms with Crippen LogP contribution in [-0.2, 0) is 16.6 Å². The molecule has 196 valence electrons. The Kier molecular flexibility index (Phi) is 7.10. The van der Waals surface area contributed by atoms with Gasteiger partial charge in [0.25, 0.3) is 10.0 Å². The molecule has 0 atom stereocenters. The SMILES string of the molecule is C=C(c1ccc(NS(=O)(=O)c2cccc3cccnc23)cc1)N1CCN(Cc2cc(C)c(O)c(C)c2)CC1. The zero-order valence-electron chi connectivity index (χ0n) is 21.7. The second-order valence-electron chi connectivity index (χ2n) is 9.80. The van der Waals surface area contributed by atoms with Crippen molar-refractivity contribution in [1.29, 1.82) is 0 Å². The minimum Gasteiger partial charge on any atom is -0.507 e. The fourth-order valence-electron chi connectivity index (χ4n) is 4.99. The predicted molar refractivity (Wildman–Crippen MR) is 152 cm³/mol. The van der Waals surface area contributed by atoms with E-state index in [0.29, 0.717) is 17.0 Å². The molecule has 1 aromatic heterocycles. The van der Waals surface area contributed by atoms with Gasteiger partial charge in [-0.1, -0.05) is 49.0 Å². The first-order valence-corrected chi connectivity index (χ1v) is 14.1. The standard InChI is InChI=1S/C30H32N4O3S/c1-21-18-24(19-22(2)30(21)35)20-33-14-16-34(17-15-33)23(3)25-9-11-27(12-10-25)32-38(36,37)28-8-4-6-26-7-5-13-31-29(26)28/h4-13,18-19,32,35H,3,14-17,20H2,1-2H3. The molecule has 0 spiro atoms. The smallest absolute Gasteiger partial charge is 0.264 e. The maximum absolute atomic E-state index is 13.1. The number of sulfonamides is 1. The number of anilines is 1. The lowest BCUT2D eigenvalue weighted by molar-refractivity contribution is 0.169. The molecule has 7 nitrogen and oxygen atoms in total. The Bertz CT molecular complexity index is 1560. The number of phenols is 1. The molecule has 8 heteroatoms. The van der Waals surface area contributed by atoms with Crippen LogP contribution in [0.1, 0.15) is 22.3 Å². The van der Waals surface area contributed by atoms with E-state index in [4.69, 9.17) is 0 Å². The number of hydrogen-bond donors (Lipinski definition) is 2. The van der Waals surface area contributed by atoms with Crippen molar-refractivity contribution < 1.29 is 13.5 Å². The van der Waals surface area contributed by atoms with E-state index in [1.54, 1.807) is 36.5 Å². The number of aromatic nitrogens is 1. The number of pyridine rings is 1. The van der Waals surface area contributed by atoms with Crippen molar-refractivity contribution in [1.82, 2.24) is 14.8 Å². The van der Waals surface area contributed by atoms with Gasteiger partial charge >= 0.3 is 0 Å². The molecule has 1 fully saturated rings. The molecule has 0 aliphatic carbocycles. The Morgan fingerprint density at radius 2 is 1.63 bits per heavy atom. The highest BCUT2D eigenvalue weighted by Crippen LogP contribution is 2.27. The summed E-state index contributed by atoms with van der Waals surface area (Å²) in [6, 6.07) is 20.2. The molecule has 1 aliphatic heterocycles. The van der Waals surface area contributed by atoms with Gasteiger partial charge in [-0.25, -0.2) is 8.42 Å². The fraction of sp³-hybridized carbons (Fsp3) is 0.233. The van der Waals surface area contributed by atoms with Crippen LogP contribution in [0.3, 0.4) is 0 Å². The van der Waals surface area contributed by atoms with Crippen molar-refractivity contribution in [2.45, 2.75) is 25.3 Å². The van der Waals surface area contributed by atoms with Crippen LogP contribution in [0.5, 0.6) is 5.75 Å². The summed E-state index contributed by atoms with van der Waals surface area (Å²) in [7, 11) is -3.80. The number of benzene rings is 3. The van der Waals surface area contributed by atoms with Crippen LogP contribution in [0.25, 0.3) is 16.6 Å². The maximum atomic E-state index is 13.1. The van der Waals surface area contributed by atoms with Crippen LogP contribution >= 0.6 is 0 Å². The second kappa shape index (κ2) is 10.5. The number of phenolic OH excluding ortho intramolecular Hbond substituents is 1. The third-order valence-corrected chi connectivity index (χ3v) is 8.48. The molecule has 3 aromatic carbocycles. The molecular formula is C30H32N4O3S. The molecule has 0 bridgehead atoms. The largest absolute Gasteiger partial charge is 0.507 e. The summed E-state index contributed by atoms with van der Waals surface area (Å²) in [5.41, 5.74) is 5.84. The molecule has 2 heterocycles. The first-order chi connectivity index (χ1) is 18.2. The number of rotatable bonds is 7. The lowest BCUT2D eigenvalue weighted by Gasteiger charge is -2.37. The minimum absolute atomic E-state index is 0.152. The van der Waals surface area contributed by atoms with E-state index in [2.05, 4.69) is 38.2 Å². The Hall–Kier alpha value is -3.88. The summed E-state index contributed by atoms with van der Waals surface area (Å²) < 4.78 is 28.9. The number of aryl methyl sites for hydroxylation is 2. The number of fused-ring (bicyclic) bond motifs is 1. The van der Waals surface area contributed by atoms with E-state index in [1.807, 2.05) is 38.1 Å². The summed E-state index contributed by atoms with van der Waals surface area (Å²) in [5, 5.41) is 10.8. The monoisotopic (exact) mass is 528 g/mol. The van der Waals surface area contributed by atoms with E-state index < -0.39 is 10.0 Å². The molecule has 0 amide bonds. The van der Waals surface area contributed by atoms with Crippen LogP contribution in [-0.4, -0.2) is 54.5 Å². The Balaban J connectivity index is 1.21. The topological polar surface area (TPSA) is 85.8 Å². The van der Waals surface area contributed by atoms with Gasteiger partial charge in [0.2, 0.25) is 0 Å². The fourth-order valence-corrected chi connectivity index (χ4v) is 6.23. The summed E-state index contributed by atoms with van der Waals surface area (Å²) in [6.07, 6.45) is 1.59. The Labute approximate surface area is 224 Å². The lowest BCUT2D eigenvalue weighted by Crippen LogP contribution is -2.44.